The van der Waals surface area contributed by atoms with Crippen LogP contribution in [0.3, 0.4) is 0 Å². The Morgan fingerprint density at radius 1 is 1.28 bits per heavy atom. The van der Waals surface area contributed by atoms with Crippen LogP contribution >= 0.6 is 0 Å². The fraction of sp³-hybridized carbons (Fsp3) is 0.0769. The molecule has 0 fully saturated rings. The largest absolute Gasteiger partial charge is 0.331 e. The highest BCUT2D eigenvalue weighted by atomic mass is 15.1. The van der Waals surface area contributed by atoms with E-state index < -0.39 is 0 Å². The lowest BCUT2D eigenvalue weighted by atomic mass is 10.1. The third-order valence-corrected chi connectivity index (χ3v) is 2.73. The number of fused-ring (bicyclic) bond motifs is 1. The molecule has 0 saturated carbocycles. The van der Waals surface area contributed by atoms with Crippen molar-refractivity contribution in [1.82, 2.24) is 19.5 Å². The molecule has 0 radical (unpaired) electrons. The van der Waals surface area contributed by atoms with E-state index in [0.29, 0.717) is 17.0 Å². The summed E-state index contributed by atoms with van der Waals surface area (Å²) in [6.45, 7) is 0. The van der Waals surface area contributed by atoms with Crippen molar-refractivity contribution in [3.63, 3.8) is 0 Å². The second-order valence-corrected chi connectivity index (χ2v) is 3.95. The lowest BCUT2D eigenvalue weighted by molar-refractivity contribution is 0.944. The smallest absolute Gasteiger partial charge is 0.181 e. The highest BCUT2D eigenvalue weighted by Crippen LogP contribution is 2.18. The first-order chi connectivity index (χ1) is 8.78. The van der Waals surface area contributed by atoms with Crippen LogP contribution in [0.15, 0.2) is 36.8 Å². The standard InChI is InChI=1S/C13H9N5/c1-18-8-16-13-11(18)7-15-12(17-13)10-4-2-3-9(5-10)6-14/h2-5,7-8H,1H3. The highest BCUT2D eigenvalue weighted by molar-refractivity contribution is 5.72. The zero-order chi connectivity index (χ0) is 12.5. The lowest BCUT2D eigenvalue weighted by Gasteiger charge is -2.00. The van der Waals surface area contributed by atoms with Gasteiger partial charge < -0.3 is 4.57 Å². The van der Waals surface area contributed by atoms with E-state index in [1.54, 1.807) is 24.7 Å². The summed E-state index contributed by atoms with van der Waals surface area (Å²) in [7, 11) is 1.90. The lowest BCUT2D eigenvalue weighted by Crippen LogP contribution is -1.92. The van der Waals surface area contributed by atoms with Crippen molar-refractivity contribution >= 4 is 11.2 Å². The van der Waals surface area contributed by atoms with Crippen LogP contribution in [0.2, 0.25) is 0 Å². The van der Waals surface area contributed by atoms with Crippen LogP contribution < -0.4 is 0 Å². The monoisotopic (exact) mass is 235 g/mol. The predicted octanol–water partition coefficient (Wildman–Crippen LogP) is 1.90. The number of aryl methyl sites for hydroxylation is 1. The van der Waals surface area contributed by atoms with Gasteiger partial charge in [0.25, 0.3) is 0 Å². The van der Waals surface area contributed by atoms with E-state index in [1.807, 2.05) is 23.7 Å². The van der Waals surface area contributed by atoms with Gasteiger partial charge in [0.1, 0.15) is 5.52 Å². The van der Waals surface area contributed by atoms with E-state index in [4.69, 9.17) is 5.26 Å². The van der Waals surface area contributed by atoms with Gasteiger partial charge >= 0.3 is 0 Å². The number of hydrogen-bond acceptors (Lipinski definition) is 4. The summed E-state index contributed by atoms with van der Waals surface area (Å²) in [5.74, 6) is 0.582. The van der Waals surface area contributed by atoms with Crippen LogP contribution in [0, 0.1) is 11.3 Å². The normalized spacial score (nSPS) is 10.4. The van der Waals surface area contributed by atoms with Crippen molar-refractivity contribution in [2.45, 2.75) is 0 Å². The maximum Gasteiger partial charge on any atom is 0.181 e. The Hall–Kier alpha value is -2.74. The van der Waals surface area contributed by atoms with Crippen molar-refractivity contribution < 1.29 is 0 Å². The molecule has 18 heavy (non-hydrogen) atoms. The third-order valence-electron chi connectivity index (χ3n) is 2.73. The van der Waals surface area contributed by atoms with Crippen LogP contribution in [0.1, 0.15) is 5.56 Å². The Balaban J connectivity index is 2.16. The van der Waals surface area contributed by atoms with Gasteiger partial charge in [0.2, 0.25) is 0 Å². The molecule has 3 rings (SSSR count). The van der Waals surface area contributed by atoms with Gasteiger partial charge in [-0.05, 0) is 12.1 Å². The van der Waals surface area contributed by atoms with Gasteiger partial charge in [0.15, 0.2) is 11.5 Å². The van der Waals surface area contributed by atoms with Crippen molar-refractivity contribution in [2.24, 2.45) is 7.05 Å². The summed E-state index contributed by atoms with van der Waals surface area (Å²) in [4.78, 5) is 12.9. The Morgan fingerprint density at radius 3 is 3.00 bits per heavy atom. The van der Waals surface area contributed by atoms with Crippen molar-refractivity contribution in [2.75, 3.05) is 0 Å². The van der Waals surface area contributed by atoms with E-state index in [-0.39, 0.29) is 0 Å². The maximum atomic E-state index is 8.88. The average molecular weight is 235 g/mol. The third kappa shape index (κ3) is 1.60. The van der Waals surface area contributed by atoms with E-state index in [2.05, 4.69) is 21.0 Å². The summed E-state index contributed by atoms with van der Waals surface area (Å²) >= 11 is 0. The Morgan fingerprint density at radius 2 is 2.17 bits per heavy atom. The second-order valence-electron chi connectivity index (χ2n) is 3.95. The van der Waals surface area contributed by atoms with Gasteiger partial charge in [-0.3, -0.25) is 0 Å². The summed E-state index contributed by atoms with van der Waals surface area (Å²) < 4.78 is 1.87. The fourth-order valence-electron chi connectivity index (χ4n) is 1.78. The van der Waals surface area contributed by atoms with Crippen LogP contribution in [-0.4, -0.2) is 19.5 Å². The number of rotatable bonds is 1. The molecule has 0 bridgehead atoms. The van der Waals surface area contributed by atoms with Gasteiger partial charge in [0.05, 0.1) is 24.2 Å². The maximum absolute atomic E-state index is 8.88. The van der Waals surface area contributed by atoms with Crippen molar-refractivity contribution in [3.05, 3.63) is 42.4 Å². The van der Waals surface area contributed by atoms with E-state index in [9.17, 15) is 0 Å². The van der Waals surface area contributed by atoms with Gasteiger partial charge in [-0.1, -0.05) is 12.1 Å². The molecular weight excluding hydrogens is 226 g/mol. The zero-order valence-corrected chi connectivity index (χ0v) is 9.70. The molecule has 0 aliphatic heterocycles. The van der Waals surface area contributed by atoms with Crippen LogP contribution in [-0.2, 0) is 7.05 Å². The molecular formula is C13H9N5. The number of hydrogen-bond donors (Lipinski definition) is 0. The molecule has 1 aromatic carbocycles. The molecule has 2 aromatic heterocycles. The highest BCUT2D eigenvalue weighted by Gasteiger charge is 2.06. The molecule has 0 spiro atoms. The number of aromatic nitrogens is 4. The SMILES string of the molecule is Cn1cnc2nc(-c3cccc(C#N)c3)ncc21. The number of imidazole rings is 1. The summed E-state index contributed by atoms with van der Waals surface area (Å²) in [5, 5.41) is 8.88. The molecule has 2 heterocycles. The second kappa shape index (κ2) is 3.93. The minimum absolute atomic E-state index is 0.582. The molecule has 5 heteroatoms. The molecule has 3 aromatic rings. The Bertz CT molecular complexity index is 766. The minimum Gasteiger partial charge on any atom is -0.331 e. The summed E-state index contributed by atoms with van der Waals surface area (Å²) in [6.07, 6.45) is 3.44. The molecule has 5 nitrogen and oxygen atoms in total. The van der Waals surface area contributed by atoms with Gasteiger partial charge in [-0.25, -0.2) is 15.0 Å². The molecule has 0 aliphatic rings. The summed E-state index contributed by atoms with van der Waals surface area (Å²) in [5.41, 5.74) is 2.96. The van der Waals surface area contributed by atoms with Crippen molar-refractivity contribution in [3.8, 4) is 17.5 Å². The van der Waals surface area contributed by atoms with Gasteiger partial charge in [0, 0.05) is 12.6 Å². The molecule has 0 N–H and O–H groups in total. The molecule has 0 aliphatic carbocycles. The first-order valence-electron chi connectivity index (χ1n) is 5.42. The first kappa shape index (κ1) is 10.4. The van der Waals surface area contributed by atoms with Crippen LogP contribution in [0.4, 0.5) is 0 Å². The van der Waals surface area contributed by atoms with Crippen LogP contribution in [0.5, 0.6) is 0 Å². The number of nitrogens with zero attached hydrogens (tertiary/aromatic N) is 5. The fourth-order valence-corrected chi connectivity index (χ4v) is 1.78. The molecule has 0 atom stereocenters. The first-order valence-corrected chi connectivity index (χ1v) is 5.42. The predicted molar refractivity (Wildman–Crippen MR) is 66.5 cm³/mol. The topological polar surface area (TPSA) is 67.4 Å². The van der Waals surface area contributed by atoms with E-state index in [1.165, 1.54) is 0 Å². The molecule has 0 unspecified atom stereocenters. The molecule has 0 amide bonds. The summed E-state index contributed by atoms with van der Waals surface area (Å²) in [6, 6.07) is 9.32. The Labute approximate surface area is 103 Å². The molecule has 0 saturated heterocycles. The van der Waals surface area contributed by atoms with Gasteiger partial charge in [-0.15, -0.1) is 0 Å². The minimum atomic E-state index is 0.582. The average Bonchev–Trinajstić information content (AvgIpc) is 2.80. The van der Waals surface area contributed by atoms with Crippen molar-refractivity contribution in [1.29, 1.82) is 5.26 Å². The molecule has 86 valence electrons. The van der Waals surface area contributed by atoms with Gasteiger partial charge in [-0.2, -0.15) is 5.26 Å². The van der Waals surface area contributed by atoms with Crippen LogP contribution in [0.25, 0.3) is 22.6 Å². The Kier molecular flexibility index (Phi) is 2.27. The number of benzene rings is 1. The zero-order valence-electron chi connectivity index (χ0n) is 9.70. The quantitative estimate of drug-likeness (QED) is 0.646. The van der Waals surface area contributed by atoms with E-state index >= 15 is 0 Å². The number of nitriles is 1. The van der Waals surface area contributed by atoms with E-state index in [0.717, 1.165) is 11.1 Å².